The summed E-state index contributed by atoms with van der Waals surface area (Å²) in [6.45, 7) is 0.944. The Kier molecular flexibility index (Phi) is 3.66. The molecule has 2 rings (SSSR count). The van der Waals surface area contributed by atoms with E-state index in [1.54, 1.807) is 4.90 Å². The Morgan fingerprint density at radius 1 is 1.50 bits per heavy atom. The molecule has 98 valence electrons. The molecule has 18 heavy (non-hydrogen) atoms. The number of likely N-dealkylation sites (tertiary alicyclic amines) is 1. The van der Waals surface area contributed by atoms with Crippen molar-refractivity contribution in [1.82, 2.24) is 9.47 Å². The minimum Gasteiger partial charge on any atom is -0.398 e. The van der Waals surface area contributed by atoms with Gasteiger partial charge in [-0.15, -0.1) is 0 Å². The molecule has 0 saturated carbocycles. The van der Waals surface area contributed by atoms with Gasteiger partial charge in [-0.05, 0) is 18.9 Å². The number of rotatable bonds is 2. The summed E-state index contributed by atoms with van der Waals surface area (Å²) in [7, 11) is 0. The summed E-state index contributed by atoms with van der Waals surface area (Å²) in [4.78, 5) is 25.1. The second-order valence-electron chi connectivity index (χ2n) is 4.56. The van der Waals surface area contributed by atoms with Crippen LogP contribution in [-0.2, 0) is 11.3 Å². The summed E-state index contributed by atoms with van der Waals surface area (Å²) >= 11 is 0. The summed E-state index contributed by atoms with van der Waals surface area (Å²) in [6, 6.07) is 2.85. The Hall–Kier alpha value is -1.82. The molecule has 1 aliphatic rings. The SMILES string of the molecule is Nc1ccc(=O)n(CC(=O)N2CCC[C@H](O)C2)c1. The molecule has 2 heterocycles. The number of aliphatic hydroxyl groups is 1. The molecule has 1 aromatic heterocycles. The smallest absolute Gasteiger partial charge is 0.251 e. The van der Waals surface area contributed by atoms with Gasteiger partial charge in [0.25, 0.3) is 5.56 Å². The number of nitrogens with zero attached hydrogens (tertiary/aromatic N) is 2. The Bertz CT molecular complexity index is 498. The zero-order valence-electron chi connectivity index (χ0n) is 10.1. The zero-order chi connectivity index (χ0) is 13.1. The fraction of sp³-hybridized carbons (Fsp3) is 0.500. The van der Waals surface area contributed by atoms with Crippen molar-refractivity contribution < 1.29 is 9.90 Å². The maximum Gasteiger partial charge on any atom is 0.251 e. The van der Waals surface area contributed by atoms with Crippen molar-refractivity contribution in [2.24, 2.45) is 0 Å². The van der Waals surface area contributed by atoms with Crippen LogP contribution in [0.1, 0.15) is 12.8 Å². The molecule has 1 fully saturated rings. The molecule has 1 aliphatic heterocycles. The van der Waals surface area contributed by atoms with Crippen molar-refractivity contribution in [3.63, 3.8) is 0 Å². The number of anilines is 1. The number of nitrogens with two attached hydrogens (primary N) is 1. The van der Waals surface area contributed by atoms with Crippen molar-refractivity contribution in [3.05, 3.63) is 28.7 Å². The van der Waals surface area contributed by atoms with Crippen LogP contribution >= 0.6 is 0 Å². The number of β-amino-alcohol motifs (C(OH)–C–C–N with tert-alkyl or cyclic N) is 1. The molecular weight excluding hydrogens is 234 g/mol. The van der Waals surface area contributed by atoms with Crippen LogP contribution < -0.4 is 11.3 Å². The van der Waals surface area contributed by atoms with E-state index in [2.05, 4.69) is 0 Å². The minimum absolute atomic E-state index is 0.0312. The van der Waals surface area contributed by atoms with Crippen LogP contribution in [-0.4, -0.2) is 39.7 Å². The van der Waals surface area contributed by atoms with E-state index in [1.807, 2.05) is 0 Å². The number of aliphatic hydroxyl groups excluding tert-OH is 1. The van der Waals surface area contributed by atoms with Crippen molar-refractivity contribution >= 4 is 11.6 Å². The number of carbonyl (C=O) groups is 1. The van der Waals surface area contributed by atoms with Crippen LogP contribution in [0.3, 0.4) is 0 Å². The molecule has 0 bridgehead atoms. The summed E-state index contributed by atoms with van der Waals surface area (Å²) in [5, 5.41) is 9.51. The summed E-state index contributed by atoms with van der Waals surface area (Å²) < 4.78 is 1.29. The highest BCUT2D eigenvalue weighted by Crippen LogP contribution is 2.10. The molecular formula is C12H17N3O3. The summed E-state index contributed by atoms with van der Waals surface area (Å²) in [6.07, 6.45) is 2.52. The number of piperidine rings is 1. The van der Waals surface area contributed by atoms with Gasteiger partial charge in [0, 0.05) is 31.0 Å². The molecule has 0 radical (unpaired) electrons. The third kappa shape index (κ3) is 2.89. The fourth-order valence-electron chi connectivity index (χ4n) is 2.10. The summed E-state index contributed by atoms with van der Waals surface area (Å²) in [5.41, 5.74) is 5.77. The first kappa shape index (κ1) is 12.6. The third-order valence-corrected chi connectivity index (χ3v) is 3.06. The molecule has 0 unspecified atom stereocenters. The molecule has 0 aromatic carbocycles. The van der Waals surface area contributed by atoms with Gasteiger partial charge < -0.3 is 20.3 Å². The predicted octanol–water partition coefficient (Wildman–Crippen LogP) is -0.586. The van der Waals surface area contributed by atoms with Crippen molar-refractivity contribution in [2.75, 3.05) is 18.8 Å². The van der Waals surface area contributed by atoms with E-state index in [4.69, 9.17) is 5.73 Å². The second-order valence-corrected chi connectivity index (χ2v) is 4.56. The fourth-order valence-corrected chi connectivity index (χ4v) is 2.10. The van der Waals surface area contributed by atoms with Crippen molar-refractivity contribution in [3.8, 4) is 0 Å². The lowest BCUT2D eigenvalue weighted by Crippen LogP contribution is -2.44. The van der Waals surface area contributed by atoms with Crippen molar-refractivity contribution in [1.29, 1.82) is 0 Å². The molecule has 6 nitrogen and oxygen atoms in total. The molecule has 3 N–H and O–H groups in total. The molecule has 1 atom stereocenters. The molecule has 1 amide bonds. The second kappa shape index (κ2) is 5.22. The third-order valence-electron chi connectivity index (χ3n) is 3.06. The van der Waals surface area contributed by atoms with Crippen LogP contribution in [0.25, 0.3) is 0 Å². The van der Waals surface area contributed by atoms with Gasteiger partial charge in [-0.25, -0.2) is 0 Å². The van der Waals surface area contributed by atoms with Crippen LogP contribution in [0.15, 0.2) is 23.1 Å². The number of nitrogen functional groups attached to an aromatic ring is 1. The van der Waals surface area contributed by atoms with Gasteiger partial charge in [-0.3, -0.25) is 9.59 Å². The monoisotopic (exact) mass is 251 g/mol. The van der Waals surface area contributed by atoms with Crippen LogP contribution in [0, 0.1) is 0 Å². The molecule has 1 aromatic rings. The Balaban J connectivity index is 2.06. The highest BCUT2D eigenvalue weighted by molar-refractivity contribution is 5.76. The first-order chi connectivity index (χ1) is 8.56. The van der Waals surface area contributed by atoms with E-state index in [0.29, 0.717) is 18.8 Å². The number of pyridine rings is 1. The quantitative estimate of drug-likeness (QED) is 0.735. The largest absolute Gasteiger partial charge is 0.398 e. The van der Waals surface area contributed by atoms with E-state index in [9.17, 15) is 14.7 Å². The van der Waals surface area contributed by atoms with E-state index in [0.717, 1.165) is 12.8 Å². The highest BCUT2D eigenvalue weighted by atomic mass is 16.3. The number of amides is 1. The van der Waals surface area contributed by atoms with Gasteiger partial charge in [0.05, 0.1) is 6.10 Å². The molecule has 0 spiro atoms. The maximum absolute atomic E-state index is 12.0. The van der Waals surface area contributed by atoms with E-state index >= 15 is 0 Å². The van der Waals surface area contributed by atoms with Gasteiger partial charge in [0.1, 0.15) is 6.54 Å². The van der Waals surface area contributed by atoms with Crippen LogP contribution in [0.5, 0.6) is 0 Å². The zero-order valence-corrected chi connectivity index (χ0v) is 10.1. The molecule has 0 aliphatic carbocycles. The number of aromatic nitrogens is 1. The maximum atomic E-state index is 12.0. The van der Waals surface area contributed by atoms with E-state index in [-0.39, 0.29) is 18.0 Å². The van der Waals surface area contributed by atoms with Gasteiger partial charge in [-0.1, -0.05) is 0 Å². The van der Waals surface area contributed by atoms with Gasteiger partial charge >= 0.3 is 0 Å². The standard InChI is InChI=1S/C12H17N3O3/c13-9-3-4-11(17)15(6-9)8-12(18)14-5-1-2-10(16)7-14/h3-4,6,10,16H,1-2,5,7-8,13H2/t10-/m0/s1. The predicted molar refractivity (Wildman–Crippen MR) is 66.9 cm³/mol. The Morgan fingerprint density at radius 2 is 2.28 bits per heavy atom. The molecule has 1 saturated heterocycles. The average molecular weight is 251 g/mol. The van der Waals surface area contributed by atoms with Gasteiger partial charge in [0.15, 0.2) is 0 Å². The lowest BCUT2D eigenvalue weighted by Gasteiger charge is -2.30. The highest BCUT2D eigenvalue weighted by Gasteiger charge is 2.22. The van der Waals surface area contributed by atoms with Gasteiger partial charge in [0.2, 0.25) is 5.91 Å². The Morgan fingerprint density at radius 3 is 3.00 bits per heavy atom. The lowest BCUT2D eigenvalue weighted by molar-refractivity contribution is -0.134. The first-order valence-corrected chi connectivity index (χ1v) is 5.98. The number of hydrogen-bond acceptors (Lipinski definition) is 4. The first-order valence-electron chi connectivity index (χ1n) is 5.98. The normalized spacial score (nSPS) is 19.8. The van der Waals surface area contributed by atoms with Gasteiger partial charge in [-0.2, -0.15) is 0 Å². The van der Waals surface area contributed by atoms with E-state index < -0.39 is 6.10 Å². The van der Waals surface area contributed by atoms with Crippen LogP contribution in [0.2, 0.25) is 0 Å². The van der Waals surface area contributed by atoms with Crippen LogP contribution in [0.4, 0.5) is 5.69 Å². The number of carbonyl (C=O) groups excluding carboxylic acids is 1. The average Bonchev–Trinajstić information content (AvgIpc) is 2.34. The topological polar surface area (TPSA) is 88.6 Å². The Labute approximate surface area is 105 Å². The van der Waals surface area contributed by atoms with E-state index in [1.165, 1.54) is 22.9 Å². The lowest BCUT2D eigenvalue weighted by atomic mass is 10.1. The summed E-state index contributed by atoms with van der Waals surface area (Å²) in [5.74, 6) is -0.165. The van der Waals surface area contributed by atoms with Crippen molar-refractivity contribution in [2.45, 2.75) is 25.5 Å². The number of hydrogen-bond donors (Lipinski definition) is 2. The minimum atomic E-state index is -0.458. The molecule has 6 heteroatoms.